The Hall–Kier alpha value is -2.80. The highest BCUT2D eigenvalue weighted by Crippen LogP contribution is 2.53. The van der Waals surface area contributed by atoms with Crippen molar-refractivity contribution >= 4 is 44.2 Å². The van der Waals surface area contributed by atoms with Crippen LogP contribution < -0.4 is 16.0 Å². The monoisotopic (exact) mass is 615 g/mol. The third kappa shape index (κ3) is 5.99. The maximum atomic E-state index is 13.7. The van der Waals surface area contributed by atoms with Gasteiger partial charge in [-0.1, -0.05) is 27.7 Å². The number of nitrogens with zero attached hydrogens (tertiary/aromatic N) is 2. The van der Waals surface area contributed by atoms with E-state index in [-0.39, 0.29) is 27.3 Å². The molecule has 5 rings (SSSR count). The number of imide groups is 1. The summed E-state index contributed by atoms with van der Waals surface area (Å²) in [5, 5.41) is 7.96. The molecule has 3 N–H and O–H groups in total. The lowest BCUT2D eigenvalue weighted by molar-refractivity contribution is 0.0964. The molecule has 2 unspecified atom stereocenters. The van der Waals surface area contributed by atoms with Gasteiger partial charge < -0.3 is 10.6 Å². The van der Waals surface area contributed by atoms with Gasteiger partial charge in [-0.3, -0.25) is 19.8 Å². The molecule has 1 saturated carbocycles. The first-order chi connectivity index (χ1) is 19.7. The molecule has 42 heavy (non-hydrogen) atoms. The molecule has 2 atom stereocenters. The number of anilines is 1. The number of urea groups is 1. The van der Waals surface area contributed by atoms with Gasteiger partial charge in [-0.2, -0.15) is 4.31 Å². The van der Waals surface area contributed by atoms with Crippen LogP contribution in [0.5, 0.6) is 0 Å². The van der Waals surface area contributed by atoms with E-state index in [4.69, 9.17) is 0 Å². The van der Waals surface area contributed by atoms with E-state index < -0.39 is 27.9 Å². The lowest BCUT2D eigenvalue weighted by atomic mass is 9.65. The van der Waals surface area contributed by atoms with E-state index in [9.17, 15) is 22.8 Å². The number of hydrogen-bond donors (Lipinski definition) is 3. The van der Waals surface area contributed by atoms with Crippen molar-refractivity contribution in [2.75, 3.05) is 32.0 Å². The van der Waals surface area contributed by atoms with Crippen molar-refractivity contribution in [3.05, 3.63) is 45.8 Å². The third-order valence-corrected chi connectivity index (χ3v) is 11.7. The number of carbonyl (C=O) groups is 3. The van der Waals surface area contributed by atoms with Crippen molar-refractivity contribution in [2.24, 2.45) is 10.8 Å². The molecule has 1 saturated heterocycles. The van der Waals surface area contributed by atoms with Crippen LogP contribution in [-0.4, -0.2) is 68.2 Å². The zero-order chi connectivity index (χ0) is 30.4. The molecule has 1 aliphatic carbocycles. The summed E-state index contributed by atoms with van der Waals surface area (Å²) in [7, 11) is -2.29. The highest BCUT2D eigenvalue weighted by Gasteiger charge is 2.53. The Balaban J connectivity index is 1.36. The van der Waals surface area contributed by atoms with Gasteiger partial charge in [0.05, 0.1) is 10.5 Å². The van der Waals surface area contributed by atoms with Gasteiger partial charge in [-0.15, -0.1) is 11.3 Å². The summed E-state index contributed by atoms with van der Waals surface area (Å²) in [4.78, 5) is 41.8. The van der Waals surface area contributed by atoms with Crippen LogP contribution in [0.25, 0.3) is 0 Å². The van der Waals surface area contributed by atoms with Crippen LogP contribution in [0.3, 0.4) is 0 Å². The molecule has 2 aromatic rings. The Labute approximate surface area is 252 Å². The quantitative estimate of drug-likeness (QED) is 0.423. The molecule has 2 aliphatic heterocycles. The summed E-state index contributed by atoms with van der Waals surface area (Å²) in [6.07, 6.45) is 4.34. The molecule has 0 spiro atoms. The van der Waals surface area contributed by atoms with E-state index in [0.717, 1.165) is 49.2 Å². The van der Waals surface area contributed by atoms with Crippen molar-refractivity contribution in [1.29, 1.82) is 0 Å². The lowest BCUT2D eigenvalue weighted by Gasteiger charge is -2.39. The summed E-state index contributed by atoms with van der Waals surface area (Å²) >= 11 is 1.34. The zero-order valence-electron chi connectivity index (χ0n) is 25.0. The second-order valence-electron chi connectivity index (χ2n) is 13.0. The first-order valence-electron chi connectivity index (χ1n) is 14.6. The fraction of sp³-hybridized carbons (Fsp3) is 0.567. The number of carbonyl (C=O) groups excluding carboxylic acids is 3. The fourth-order valence-corrected chi connectivity index (χ4v) is 10.4. The molecule has 1 aromatic heterocycles. The van der Waals surface area contributed by atoms with Gasteiger partial charge >= 0.3 is 6.03 Å². The fourth-order valence-electron chi connectivity index (χ4n) is 7.30. The zero-order valence-corrected chi connectivity index (χ0v) is 26.6. The lowest BCUT2D eigenvalue weighted by Crippen LogP contribution is -2.38. The number of benzene rings is 1. The standard InChI is InChI=1S/C30H41N5O5S2/c1-6-12-34-13-11-22-23(16-34)41-27(24(22)26(37)33-28(38)31-5)32-25(36)19-7-9-21(10-8-19)42(39,40)35-18-30(4)15-20(35)14-29(2,3)17-30/h7-10,20H,6,11-18H2,1-5H3,(H,32,36)(H2,31,33,37,38). The minimum atomic E-state index is -3.72. The first-order valence-corrected chi connectivity index (χ1v) is 16.8. The number of rotatable bonds is 7. The summed E-state index contributed by atoms with van der Waals surface area (Å²) in [6, 6.07) is 5.34. The highest BCUT2D eigenvalue weighted by molar-refractivity contribution is 7.89. The molecule has 12 heteroatoms. The largest absolute Gasteiger partial charge is 0.341 e. The average molecular weight is 616 g/mol. The van der Waals surface area contributed by atoms with Crippen LogP contribution in [0.2, 0.25) is 0 Å². The Morgan fingerprint density at radius 3 is 2.45 bits per heavy atom. The smallest absolute Gasteiger partial charge is 0.321 e. The van der Waals surface area contributed by atoms with Crippen LogP contribution in [0.1, 0.15) is 84.5 Å². The van der Waals surface area contributed by atoms with E-state index in [0.29, 0.717) is 30.1 Å². The minimum absolute atomic E-state index is 0.0239. The van der Waals surface area contributed by atoms with Gasteiger partial charge in [0.25, 0.3) is 11.8 Å². The molecule has 10 nitrogen and oxygen atoms in total. The molecule has 1 aromatic carbocycles. The molecule has 2 fully saturated rings. The summed E-state index contributed by atoms with van der Waals surface area (Å²) in [6.45, 7) is 11.6. The van der Waals surface area contributed by atoms with Crippen molar-refractivity contribution < 1.29 is 22.8 Å². The maximum Gasteiger partial charge on any atom is 0.321 e. The average Bonchev–Trinajstić information content (AvgIpc) is 3.40. The van der Waals surface area contributed by atoms with Gasteiger partial charge in [0.1, 0.15) is 5.00 Å². The molecule has 2 bridgehead atoms. The Morgan fingerprint density at radius 1 is 1.07 bits per heavy atom. The van der Waals surface area contributed by atoms with Gasteiger partial charge in [0, 0.05) is 43.2 Å². The maximum absolute atomic E-state index is 13.7. The van der Waals surface area contributed by atoms with Crippen LogP contribution >= 0.6 is 11.3 Å². The van der Waals surface area contributed by atoms with E-state index in [2.05, 4.69) is 48.5 Å². The first kappa shape index (κ1) is 30.7. The number of thiophene rings is 1. The normalized spacial score (nSPS) is 23.7. The SMILES string of the molecule is CCCN1CCc2c(sc(NC(=O)c3ccc(S(=O)(=O)N4CC5(C)CC4CC(C)(C)C5)cc3)c2C(=O)NC(=O)NC)C1. The van der Waals surface area contributed by atoms with Gasteiger partial charge in [-0.25, -0.2) is 13.2 Å². The van der Waals surface area contributed by atoms with E-state index in [1.165, 1.54) is 42.6 Å². The second-order valence-corrected chi connectivity index (χ2v) is 16.0. The van der Waals surface area contributed by atoms with Gasteiger partial charge in [0.15, 0.2) is 0 Å². The molecule has 0 radical (unpaired) electrons. The number of fused-ring (bicyclic) bond motifs is 3. The van der Waals surface area contributed by atoms with Gasteiger partial charge in [-0.05, 0) is 79.3 Å². The van der Waals surface area contributed by atoms with Gasteiger partial charge in [0.2, 0.25) is 10.0 Å². The predicted octanol–water partition coefficient (Wildman–Crippen LogP) is 4.43. The topological polar surface area (TPSA) is 128 Å². The summed E-state index contributed by atoms with van der Waals surface area (Å²) < 4.78 is 29.0. The third-order valence-electron chi connectivity index (χ3n) is 8.67. The molecular weight excluding hydrogens is 574 g/mol. The number of hydrogen-bond acceptors (Lipinski definition) is 7. The van der Waals surface area contributed by atoms with Crippen molar-refractivity contribution in [3.63, 3.8) is 0 Å². The Kier molecular flexibility index (Phi) is 8.29. The second kappa shape index (κ2) is 11.4. The van der Waals surface area contributed by atoms with E-state index >= 15 is 0 Å². The van der Waals surface area contributed by atoms with Crippen LogP contribution in [0.15, 0.2) is 29.2 Å². The van der Waals surface area contributed by atoms with Crippen LogP contribution in [0, 0.1) is 10.8 Å². The molecule has 228 valence electrons. The minimum Gasteiger partial charge on any atom is -0.341 e. The molecule has 4 amide bonds. The molecular formula is C30H41N5O5S2. The summed E-state index contributed by atoms with van der Waals surface area (Å²) in [5.41, 5.74) is 1.49. The predicted molar refractivity (Wildman–Crippen MR) is 163 cm³/mol. The molecule has 3 aliphatic rings. The Bertz CT molecular complexity index is 1500. The Morgan fingerprint density at radius 2 is 1.79 bits per heavy atom. The summed E-state index contributed by atoms with van der Waals surface area (Å²) in [5.74, 6) is -1.02. The number of sulfonamides is 1. The number of amides is 4. The van der Waals surface area contributed by atoms with Crippen molar-refractivity contribution in [1.82, 2.24) is 19.8 Å². The molecule has 3 heterocycles. The number of nitrogens with one attached hydrogen (secondary N) is 3. The highest BCUT2D eigenvalue weighted by atomic mass is 32.2. The van der Waals surface area contributed by atoms with Crippen molar-refractivity contribution in [3.8, 4) is 0 Å². The van der Waals surface area contributed by atoms with Crippen LogP contribution in [-0.2, 0) is 23.0 Å². The van der Waals surface area contributed by atoms with Crippen molar-refractivity contribution in [2.45, 2.75) is 77.3 Å². The van der Waals surface area contributed by atoms with E-state index in [1.807, 2.05) is 0 Å². The van der Waals surface area contributed by atoms with E-state index in [1.54, 1.807) is 4.31 Å². The van der Waals surface area contributed by atoms with Crippen LogP contribution in [0.4, 0.5) is 9.80 Å².